The van der Waals surface area contributed by atoms with E-state index in [0.29, 0.717) is 0 Å². The lowest BCUT2D eigenvalue weighted by atomic mass is 10.2. The van der Waals surface area contributed by atoms with Crippen LogP contribution in [-0.2, 0) is 4.74 Å². The second kappa shape index (κ2) is 5.05. The van der Waals surface area contributed by atoms with Gasteiger partial charge in [0.25, 0.3) is 0 Å². The minimum absolute atomic E-state index is 0.140. The van der Waals surface area contributed by atoms with Crippen molar-refractivity contribution in [2.75, 3.05) is 5.06 Å². The molecule has 1 aromatic carbocycles. The molecule has 0 unspecified atom stereocenters. The summed E-state index contributed by atoms with van der Waals surface area (Å²) in [4.78, 5) is 22.5. The maximum atomic E-state index is 11.6. The number of ether oxygens (including phenoxy) is 1. The van der Waals surface area contributed by atoms with Crippen LogP contribution in [0.4, 0.5) is 10.5 Å². The molecular weight excluding hydrogens is 238 g/mol. The van der Waals surface area contributed by atoms with E-state index in [2.05, 4.69) is 0 Å². The molecule has 6 heteroatoms. The number of aromatic carboxylic acids is 1. The van der Waals surface area contributed by atoms with Crippen LogP contribution >= 0.6 is 0 Å². The maximum Gasteiger partial charge on any atom is 0.439 e. The number of carbonyl (C=O) groups is 2. The Balaban J connectivity index is 3.00. The molecule has 0 fully saturated rings. The summed E-state index contributed by atoms with van der Waals surface area (Å²) in [7, 11) is 0. The first-order chi connectivity index (χ1) is 8.22. The topological polar surface area (TPSA) is 87.1 Å². The second-order valence-electron chi connectivity index (χ2n) is 4.61. The molecule has 0 aromatic heterocycles. The number of carboxylic acids is 1. The van der Waals surface area contributed by atoms with Crippen molar-refractivity contribution in [2.24, 2.45) is 0 Å². The number of hydroxylamine groups is 1. The fourth-order valence-corrected chi connectivity index (χ4v) is 1.24. The Morgan fingerprint density at radius 3 is 2.28 bits per heavy atom. The number of nitrogens with zero attached hydrogens (tertiary/aromatic N) is 1. The van der Waals surface area contributed by atoms with Gasteiger partial charge in [-0.15, -0.1) is 0 Å². The van der Waals surface area contributed by atoms with Gasteiger partial charge in [-0.2, -0.15) is 5.06 Å². The summed E-state index contributed by atoms with van der Waals surface area (Å²) in [5.41, 5.74) is -1.11. The normalized spacial score (nSPS) is 10.9. The van der Waals surface area contributed by atoms with Crippen molar-refractivity contribution in [3.05, 3.63) is 29.8 Å². The monoisotopic (exact) mass is 253 g/mol. The molecule has 0 aliphatic carbocycles. The van der Waals surface area contributed by atoms with Crippen molar-refractivity contribution in [2.45, 2.75) is 26.4 Å². The van der Waals surface area contributed by atoms with Crippen LogP contribution in [0.3, 0.4) is 0 Å². The SMILES string of the molecule is CC(C)(C)OC(=O)N(O)c1ccccc1C(=O)O. The van der Waals surface area contributed by atoms with Crippen molar-refractivity contribution in [1.82, 2.24) is 0 Å². The third-order valence-corrected chi connectivity index (χ3v) is 1.93. The van der Waals surface area contributed by atoms with Gasteiger partial charge in [0.05, 0.1) is 11.3 Å². The van der Waals surface area contributed by atoms with E-state index in [1.54, 1.807) is 20.8 Å². The minimum Gasteiger partial charge on any atom is -0.478 e. The summed E-state index contributed by atoms with van der Waals surface area (Å²) in [5, 5.41) is 18.8. The molecule has 2 N–H and O–H groups in total. The number of anilines is 1. The molecule has 1 rings (SSSR count). The van der Waals surface area contributed by atoms with Crippen molar-refractivity contribution in [1.29, 1.82) is 0 Å². The highest BCUT2D eigenvalue weighted by Gasteiger charge is 2.25. The third-order valence-electron chi connectivity index (χ3n) is 1.93. The number of rotatable bonds is 2. The smallest absolute Gasteiger partial charge is 0.439 e. The summed E-state index contributed by atoms with van der Waals surface area (Å²) in [6.45, 7) is 4.92. The Bertz CT molecular complexity index is 464. The molecule has 0 spiro atoms. The molecule has 0 atom stereocenters. The minimum atomic E-state index is -1.24. The summed E-state index contributed by atoms with van der Waals surface area (Å²) < 4.78 is 4.93. The lowest BCUT2D eigenvalue weighted by Gasteiger charge is -2.23. The third kappa shape index (κ3) is 3.46. The molecule has 1 amide bonds. The van der Waals surface area contributed by atoms with Gasteiger partial charge in [-0.1, -0.05) is 12.1 Å². The lowest BCUT2D eigenvalue weighted by molar-refractivity contribution is 0.0406. The van der Waals surface area contributed by atoms with Crippen molar-refractivity contribution >= 4 is 17.7 Å². The average molecular weight is 253 g/mol. The molecule has 1 aromatic rings. The maximum absolute atomic E-state index is 11.6. The highest BCUT2D eigenvalue weighted by Crippen LogP contribution is 2.21. The van der Waals surface area contributed by atoms with E-state index in [9.17, 15) is 14.8 Å². The molecule has 6 nitrogen and oxygen atoms in total. The molecule has 18 heavy (non-hydrogen) atoms. The van der Waals surface area contributed by atoms with Crippen LogP contribution in [-0.4, -0.2) is 28.0 Å². The van der Waals surface area contributed by atoms with Crippen LogP contribution in [0.2, 0.25) is 0 Å². The summed E-state index contributed by atoms with van der Waals surface area (Å²) in [5.74, 6) is -1.24. The highest BCUT2D eigenvalue weighted by atomic mass is 16.6. The predicted molar refractivity (Wildman–Crippen MR) is 63.9 cm³/mol. The molecule has 0 aliphatic rings. The van der Waals surface area contributed by atoms with E-state index in [-0.39, 0.29) is 16.3 Å². The predicted octanol–water partition coefficient (Wildman–Crippen LogP) is 2.52. The van der Waals surface area contributed by atoms with Crippen molar-refractivity contribution < 1.29 is 24.6 Å². The van der Waals surface area contributed by atoms with Gasteiger partial charge in [0, 0.05) is 0 Å². The zero-order valence-corrected chi connectivity index (χ0v) is 10.4. The highest BCUT2D eigenvalue weighted by molar-refractivity contribution is 5.98. The summed E-state index contributed by atoms with van der Waals surface area (Å²) in [6, 6.07) is 5.60. The number of benzene rings is 1. The average Bonchev–Trinajstić information content (AvgIpc) is 2.25. The van der Waals surface area contributed by atoms with Gasteiger partial charge in [-0.05, 0) is 32.9 Å². The summed E-state index contributed by atoms with van der Waals surface area (Å²) >= 11 is 0. The van der Waals surface area contributed by atoms with Crippen LogP contribution in [0, 0.1) is 0 Å². The molecule has 0 bridgehead atoms. The first-order valence-corrected chi connectivity index (χ1v) is 5.26. The van der Waals surface area contributed by atoms with Crippen LogP contribution < -0.4 is 5.06 Å². The number of para-hydroxylation sites is 1. The quantitative estimate of drug-likeness (QED) is 0.624. The van der Waals surface area contributed by atoms with Crippen molar-refractivity contribution in [3.63, 3.8) is 0 Å². The van der Waals surface area contributed by atoms with Crippen LogP contribution in [0.15, 0.2) is 24.3 Å². The first-order valence-electron chi connectivity index (χ1n) is 5.26. The Morgan fingerprint density at radius 1 is 1.22 bits per heavy atom. The Hall–Kier alpha value is -2.08. The van der Waals surface area contributed by atoms with Crippen LogP contribution in [0.1, 0.15) is 31.1 Å². The zero-order valence-electron chi connectivity index (χ0n) is 10.4. The second-order valence-corrected chi connectivity index (χ2v) is 4.61. The van der Waals surface area contributed by atoms with E-state index in [4.69, 9.17) is 9.84 Å². The van der Waals surface area contributed by atoms with Gasteiger partial charge in [0.1, 0.15) is 5.60 Å². The molecule has 0 saturated heterocycles. The Kier molecular flexibility index (Phi) is 3.93. The van der Waals surface area contributed by atoms with Gasteiger partial charge in [0.2, 0.25) is 0 Å². The standard InChI is InChI=1S/C12H15NO5/c1-12(2,3)18-11(16)13(17)9-7-5-4-6-8(9)10(14)15/h4-7,17H,1-3H3,(H,14,15). The largest absolute Gasteiger partial charge is 0.478 e. The van der Waals surface area contributed by atoms with E-state index < -0.39 is 17.7 Å². The lowest BCUT2D eigenvalue weighted by Crippen LogP contribution is -2.35. The molecule has 0 aliphatic heterocycles. The van der Waals surface area contributed by atoms with E-state index in [0.717, 1.165) is 0 Å². The molecule has 98 valence electrons. The summed E-state index contributed by atoms with van der Waals surface area (Å²) in [6.07, 6.45) is -1.03. The van der Waals surface area contributed by atoms with Gasteiger partial charge in [-0.25, -0.2) is 9.59 Å². The fraction of sp³-hybridized carbons (Fsp3) is 0.333. The van der Waals surface area contributed by atoms with Gasteiger partial charge >= 0.3 is 12.1 Å². The number of amides is 1. The fourth-order valence-electron chi connectivity index (χ4n) is 1.24. The molecular formula is C12H15NO5. The molecule has 0 saturated carbocycles. The Morgan fingerprint density at radius 2 is 1.78 bits per heavy atom. The van der Waals surface area contributed by atoms with Gasteiger partial charge in [-0.3, -0.25) is 5.21 Å². The van der Waals surface area contributed by atoms with E-state index >= 15 is 0 Å². The van der Waals surface area contributed by atoms with Gasteiger partial charge < -0.3 is 9.84 Å². The number of hydrogen-bond acceptors (Lipinski definition) is 4. The number of carbonyl (C=O) groups excluding carboxylic acids is 1. The van der Waals surface area contributed by atoms with Crippen LogP contribution in [0.25, 0.3) is 0 Å². The van der Waals surface area contributed by atoms with Crippen LogP contribution in [0.5, 0.6) is 0 Å². The molecule has 0 heterocycles. The molecule has 0 radical (unpaired) electrons. The van der Waals surface area contributed by atoms with E-state index in [1.807, 2.05) is 0 Å². The first kappa shape index (κ1) is 14.0. The number of hydrogen-bond donors (Lipinski definition) is 2. The van der Waals surface area contributed by atoms with Gasteiger partial charge in [0.15, 0.2) is 0 Å². The number of carboxylic acid groups (broad SMARTS) is 1. The zero-order chi connectivity index (χ0) is 13.9. The Labute approximate surface area is 104 Å². The van der Waals surface area contributed by atoms with E-state index in [1.165, 1.54) is 24.3 Å². The van der Waals surface area contributed by atoms with Crippen molar-refractivity contribution in [3.8, 4) is 0 Å².